The van der Waals surface area contributed by atoms with Crippen molar-refractivity contribution in [1.29, 1.82) is 0 Å². The molecule has 10 heavy (non-hydrogen) atoms. The van der Waals surface area contributed by atoms with Crippen LogP contribution in [0.15, 0.2) is 0 Å². The predicted molar refractivity (Wildman–Crippen MR) is 41.3 cm³/mol. The molecule has 0 aromatic heterocycles. The molecule has 0 bridgehead atoms. The van der Waals surface area contributed by atoms with E-state index in [-0.39, 0.29) is 5.41 Å². The first kappa shape index (κ1) is 9.03. The Labute approximate surface area is 62.2 Å². The molecule has 1 amide bonds. The largest absolute Gasteiger partial charge is 0.347 e. The van der Waals surface area contributed by atoms with E-state index in [4.69, 9.17) is 6.42 Å². The van der Waals surface area contributed by atoms with Crippen LogP contribution in [0.3, 0.4) is 0 Å². The van der Waals surface area contributed by atoms with E-state index < -0.39 is 0 Å². The number of hydrogen-bond donors (Lipinski definition) is 0. The van der Waals surface area contributed by atoms with Crippen molar-refractivity contribution in [2.24, 2.45) is 5.41 Å². The van der Waals surface area contributed by atoms with Gasteiger partial charge in [0, 0.05) is 19.0 Å². The molecule has 0 aromatic rings. The van der Waals surface area contributed by atoms with Gasteiger partial charge >= 0.3 is 0 Å². The summed E-state index contributed by atoms with van der Waals surface area (Å²) in [7, 11) is 1.71. The standard InChI is InChI=1S/C8H13NO/c1-5-8(2,3)6-9(4)7-10/h1,7H,6H2,2-4H3. The molecule has 56 valence electrons. The quantitative estimate of drug-likeness (QED) is 0.417. The summed E-state index contributed by atoms with van der Waals surface area (Å²) >= 11 is 0. The van der Waals surface area contributed by atoms with Crippen LogP contribution in [0.4, 0.5) is 0 Å². The third kappa shape index (κ3) is 3.13. The minimum Gasteiger partial charge on any atom is -0.347 e. The summed E-state index contributed by atoms with van der Waals surface area (Å²) in [5, 5.41) is 0. The van der Waals surface area contributed by atoms with Gasteiger partial charge in [-0.2, -0.15) is 0 Å². The molecule has 0 fully saturated rings. The minimum absolute atomic E-state index is 0.213. The Kier molecular flexibility index (Phi) is 2.95. The molecule has 0 saturated carbocycles. The number of amides is 1. The summed E-state index contributed by atoms with van der Waals surface area (Å²) in [5.74, 6) is 2.61. The summed E-state index contributed by atoms with van der Waals surface area (Å²) in [6, 6.07) is 0. The average Bonchev–Trinajstić information content (AvgIpc) is 1.87. The Balaban J connectivity index is 3.91. The second-order valence-electron chi connectivity index (χ2n) is 3.05. The van der Waals surface area contributed by atoms with Gasteiger partial charge in [-0.15, -0.1) is 6.42 Å². The van der Waals surface area contributed by atoms with Gasteiger partial charge in [0.05, 0.1) is 0 Å². The highest BCUT2D eigenvalue weighted by Gasteiger charge is 2.15. The summed E-state index contributed by atoms with van der Waals surface area (Å²) in [6.45, 7) is 4.45. The summed E-state index contributed by atoms with van der Waals surface area (Å²) in [6.07, 6.45) is 5.99. The molecule has 2 nitrogen and oxygen atoms in total. The SMILES string of the molecule is C#CC(C)(C)CN(C)C=O. The summed E-state index contributed by atoms with van der Waals surface area (Å²) < 4.78 is 0. The van der Waals surface area contributed by atoms with Crippen molar-refractivity contribution in [3.63, 3.8) is 0 Å². The molecule has 2 heteroatoms. The Bertz CT molecular complexity index is 155. The van der Waals surface area contributed by atoms with Gasteiger partial charge in [-0.25, -0.2) is 0 Å². The highest BCUT2D eigenvalue weighted by molar-refractivity contribution is 5.46. The van der Waals surface area contributed by atoms with Crippen LogP contribution in [0.2, 0.25) is 0 Å². The number of terminal acetylenes is 1. The highest BCUT2D eigenvalue weighted by Crippen LogP contribution is 2.12. The Morgan fingerprint density at radius 2 is 2.20 bits per heavy atom. The lowest BCUT2D eigenvalue weighted by molar-refractivity contribution is -0.117. The van der Waals surface area contributed by atoms with Crippen LogP contribution in [0, 0.1) is 17.8 Å². The maximum atomic E-state index is 10.2. The number of carbonyl (C=O) groups is 1. The minimum atomic E-state index is -0.213. The first-order valence-corrected chi connectivity index (χ1v) is 3.15. The van der Waals surface area contributed by atoms with Crippen molar-refractivity contribution in [1.82, 2.24) is 4.90 Å². The van der Waals surface area contributed by atoms with Crippen LogP contribution in [-0.4, -0.2) is 24.9 Å². The highest BCUT2D eigenvalue weighted by atomic mass is 16.1. The molecule has 0 heterocycles. The van der Waals surface area contributed by atoms with E-state index in [0.717, 1.165) is 6.41 Å². The lowest BCUT2D eigenvalue weighted by Gasteiger charge is -2.21. The Hall–Kier alpha value is -0.970. The molecule has 0 atom stereocenters. The van der Waals surface area contributed by atoms with Crippen molar-refractivity contribution in [2.45, 2.75) is 13.8 Å². The van der Waals surface area contributed by atoms with E-state index in [2.05, 4.69) is 5.92 Å². The second kappa shape index (κ2) is 3.26. The van der Waals surface area contributed by atoms with Crippen LogP contribution in [0.1, 0.15) is 13.8 Å². The third-order valence-corrected chi connectivity index (χ3v) is 1.22. The molecule has 0 aromatic carbocycles. The van der Waals surface area contributed by atoms with Crippen molar-refractivity contribution < 1.29 is 4.79 Å². The molecular weight excluding hydrogens is 126 g/mol. The van der Waals surface area contributed by atoms with Crippen LogP contribution < -0.4 is 0 Å². The first-order valence-electron chi connectivity index (χ1n) is 3.15. The number of hydrogen-bond acceptors (Lipinski definition) is 1. The van der Waals surface area contributed by atoms with Gasteiger partial charge in [-0.1, -0.05) is 5.92 Å². The smallest absolute Gasteiger partial charge is 0.209 e. The molecule has 0 aliphatic carbocycles. The van der Waals surface area contributed by atoms with Crippen molar-refractivity contribution in [3.8, 4) is 12.3 Å². The zero-order chi connectivity index (χ0) is 8.20. The fraction of sp³-hybridized carbons (Fsp3) is 0.625. The van der Waals surface area contributed by atoms with E-state index in [1.165, 1.54) is 0 Å². The van der Waals surface area contributed by atoms with Crippen LogP contribution >= 0.6 is 0 Å². The molecule has 0 unspecified atom stereocenters. The molecule has 0 aliphatic rings. The number of carbonyl (C=O) groups excluding carboxylic acids is 1. The lowest BCUT2D eigenvalue weighted by Crippen LogP contribution is -2.29. The van der Waals surface area contributed by atoms with E-state index in [1.54, 1.807) is 11.9 Å². The second-order valence-corrected chi connectivity index (χ2v) is 3.05. The molecule has 0 rings (SSSR count). The van der Waals surface area contributed by atoms with Crippen LogP contribution in [0.25, 0.3) is 0 Å². The summed E-state index contributed by atoms with van der Waals surface area (Å²) in [5.41, 5.74) is -0.213. The number of rotatable bonds is 3. The normalized spacial score (nSPS) is 10.2. The van der Waals surface area contributed by atoms with E-state index in [0.29, 0.717) is 6.54 Å². The van der Waals surface area contributed by atoms with E-state index >= 15 is 0 Å². The van der Waals surface area contributed by atoms with Crippen LogP contribution in [0.5, 0.6) is 0 Å². The van der Waals surface area contributed by atoms with Gasteiger partial charge in [0.2, 0.25) is 6.41 Å². The fourth-order valence-corrected chi connectivity index (χ4v) is 0.706. The topological polar surface area (TPSA) is 20.3 Å². The molecule has 0 radical (unpaired) electrons. The van der Waals surface area contributed by atoms with Gasteiger partial charge in [-0.05, 0) is 13.8 Å². The molecule has 0 spiro atoms. The summed E-state index contributed by atoms with van der Waals surface area (Å²) in [4.78, 5) is 11.7. The first-order chi connectivity index (χ1) is 4.52. The Morgan fingerprint density at radius 3 is 2.50 bits per heavy atom. The van der Waals surface area contributed by atoms with Crippen molar-refractivity contribution >= 4 is 6.41 Å². The molecule has 0 N–H and O–H groups in total. The maximum Gasteiger partial charge on any atom is 0.209 e. The zero-order valence-corrected chi connectivity index (χ0v) is 6.72. The molecular formula is C8H13NO. The lowest BCUT2D eigenvalue weighted by atomic mass is 9.95. The van der Waals surface area contributed by atoms with Gasteiger partial charge in [0.25, 0.3) is 0 Å². The van der Waals surface area contributed by atoms with Gasteiger partial charge in [0.15, 0.2) is 0 Å². The third-order valence-electron chi connectivity index (χ3n) is 1.22. The van der Waals surface area contributed by atoms with Crippen molar-refractivity contribution in [2.75, 3.05) is 13.6 Å². The van der Waals surface area contributed by atoms with Gasteiger partial charge in [0.1, 0.15) is 0 Å². The van der Waals surface area contributed by atoms with Crippen molar-refractivity contribution in [3.05, 3.63) is 0 Å². The predicted octanol–water partition coefficient (Wildman–Crippen LogP) is 0.734. The monoisotopic (exact) mass is 139 g/mol. The van der Waals surface area contributed by atoms with Crippen LogP contribution in [-0.2, 0) is 4.79 Å². The average molecular weight is 139 g/mol. The van der Waals surface area contributed by atoms with E-state index in [9.17, 15) is 4.79 Å². The maximum absolute atomic E-state index is 10.2. The van der Waals surface area contributed by atoms with E-state index in [1.807, 2.05) is 13.8 Å². The fourth-order valence-electron chi connectivity index (χ4n) is 0.706. The number of nitrogens with zero attached hydrogens (tertiary/aromatic N) is 1. The van der Waals surface area contributed by atoms with Gasteiger partial charge in [-0.3, -0.25) is 4.79 Å². The zero-order valence-electron chi connectivity index (χ0n) is 6.72. The molecule has 0 aliphatic heterocycles. The van der Waals surface area contributed by atoms with Gasteiger partial charge < -0.3 is 4.90 Å². The Morgan fingerprint density at radius 1 is 1.70 bits per heavy atom. The molecule has 0 saturated heterocycles.